The average molecular weight is 356 g/mol. The molecule has 26 heavy (non-hydrogen) atoms. The molecule has 1 atom stereocenters. The normalized spacial score (nSPS) is 18.1. The highest BCUT2D eigenvalue weighted by Gasteiger charge is 2.25. The number of aliphatic hydroxyl groups is 1. The number of fused-ring (bicyclic) bond motifs is 1. The number of likely N-dealkylation sites (tertiary alicyclic amines) is 1. The molecule has 0 spiro atoms. The maximum Gasteiger partial charge on any atom is 0.112 e. The molecule has 0 amide bonds. The van der Waals surface area contributed by atoms with Crippen molar-refractivity contribution in [1.82, 2.24) is 14.5 Å². The Morgan fingerprint density at radius 3 is 2.73 bits per heavy atom. The van der Waals surface area contributed by atoms with E-state index in [1.807, 2.05) is 6.07 Å². The summed E-state index contributed by atoms with van der Waals surface area (Å²) in [4.78, 5) is 7.41. The Morgan fingerprint density at radius 1 is 1.27 bits per heavy atom. The molecule has 0 aliphatic carbocycles. The summed E-state index contributed by atoms with van der Waals surface area (Å²) in [6.07, 6.45) is 9.88. The largest absolute Gasteiger partial charge is 0.396 e. The van der Waals surface area contributed by atoms with Crippen LogP contribution >= 0.6 is 0 Å². The zero-order valence-corrected chi connectivity index (χ0v) is 16.3. The number of hydrogen-bond donors (Lipinski definition) is 1. The van der Waals surface area contributed by atoms with Gasteiger partial charge in [-0.2, -0.15) is 0 Å². The summed E-state index contributed by atoms with van der Waals surface area (Å²) in [7, 11) is 0. The molecular formula is C22H33N3O. The van der Waals surface area contributed by atoms with Gasteiger partial charge in [0.1, 0.15) is 5.82 Å². The molecule has 1 unspecified atom stereocenters. The van der Waals surface area contributed by atoms with Crippen LogP contribution in [-0.2, 0) is 6.42 Å². The van der Waals surface area contributed by atoms with Gasteiger partial charge in [0.15, 0.2) is 0 Å². The minimum Gasteiger partial charge on any atom is -0.396 e. The van der Waals surface area contributed by atoms with Gasteiger partial charge in [0.05, 0.1) is 17.6 Å². The van der Waals surface area contributed by atoms with Gasteiger partial charge in [-0.25, -0.2) is 4.98 Å². The van der Waals surface area contributed by atoms with Crippen LogP contribution in [-0.4, -0.2) is 45.8 Å². The molecule has 3 rings (SSSR count). The van der Waals surface area contributed by atoms with E-state index >= 15 is 0 Å². The van der Waals surface area contributed by atoms with Gasteiger partial charge in [0.25, 0.3) is 0 Å². The van der Waals surface area contributed by atoms with Crippen molar-refractivity contribution in [2.24, 2.45) is 5.92 Å². The molecule has 1 aliphatic heterocycles. The predicted molar refractivity (Wildman–Crippen MR) is 108 cm³/mol. The SMILES string of the molecule is C/C=C\CC(CC)CN1CCC(n2c(CCO)nc3ccccc32)CC1. The molecule has 1 aromatic heterocycles. The first kappa shape index (κ1) is 19.1. The smallest absolute Gasteiger partial charge is 0.112 e. The minimum absolute atomic E-state index is 0.158. The summed E-state index contributed by atoms with van der Waals surface area (Å²) in [6, 6.07) is 8.87. The number of para-hydroxylation sites is 2. The number of rotatable bonds is 8. The first-order valence-corrected chi connectivity index (χ1v) is 10.2. The second-order valence-electron chi connectivity index (χ2n) is 7.47. The van der Waals surface area contributed by atoms with Gasteiger partial charge in [0.2, 0.25) is 0 Å². The Kier molecular flexibility index (Phi) is 6.86. The van der Waals surface area contributed by atoms with Gasteiger partial charge >= 0.3 is 0 Å². The minimum atomic E-state index is 0.158. The Balaban J connectivity index is 1.68. The number of allylic oxidation sites excluding steroid dienone is 2. The van der Waals surface area contributed by atoms with Crippen LogP contribution in [0.15, 0.2) is 36.4 Å². The molecule has 0 radical (unpaired) electrons. The molecule has 1 aliphatic rings. The van der Waals surface area contributed by atoms with Crippen LogP contribution in [0, 0.1) is 5.92 Å². The number of aromatic nitrogens is 2. The second kappa shape index (κ2) is 9.33. The number of aliphatic hydroxyl groups excluding tert-OH is 1. The van der Waals surface area contributed by atoms with Crippen molar-refractivity contribution < 1.29 is 5.11 Å². The van der Waals surface area contributed by atoms with E-state index in [0.717, 1.165) is 30.3 Å². The zero-order valence-electron chi connectivity index (χ0n) is 16.3. The van der Waals surface area contributed by atoms with E-state index in [1.54, 1.807) is 0 Å². The zero-order chi connectivity index (χ0) is 18.4. The third-order valence-corrected chi connectivity index (χ3v) is 5.73. The van der Waals surface area contributed by atoms with Crippen molar-refractivity contribution in [3.63, 3.8) is 0 Å². The van der Waals surface area contributed by atoms with E-state index in [1.165, 1.54) is 37.7 Å². The molecule has 0 saturated carbocycles. The third-order valence-electron chi connectivity index (χ3n) is 5.73. The first-order valence-electron chi connectivity index (χ1n) is 10.2. The lowest BCUT2D eigenvalue weighted by atomic mass is 9.98. The van der Waals surface area contributed by atoms with Crippen molar-refractivity contribution >= 4 is 11.0 Å². The number of hydrogen-bond acceptors (Lipinski definition) is 3. The van der Waals surface area contributed by atoms with E-state index in [4.69, 9.17) is 4.98 Å². The van der Waals surface area contributed by atoms with Gasteiger partial charge in [-0.3, -0.25) is 0 Å². The number of piperidine rings is 1. The van der Waals surface area contributed by atoms with Crippen molar-refractivity contribution in [1.29, 1.82) is 0 Å². The fraction of sp³-hybridized carbons (Fsp3) is 0.591. The lowest BCUT2D eigenvalue weighted by molar-refractivity contribution is 0.160. The molecule has 1 aromatic carbocycles. The summed E-state index contributed by atoms with van der Waals surface area (Å²) >= 11 is 0. The topological polar surface area (TPSA) is 41.3 Å². The maximum atomic E-state index is 9.44. The van der Waals surface area contributed by atoms with Crippen LogP contribution in [0.25, 0.3) is 11.0 Å². The number of nitrogens with zero attached hydrogens (tertiary/aromatic N) is 3. The average Bonchev–Trinajstić information content (AvgIpc) is 3.04. The highest BCUT2D eigenvalue weighted by Crippen LogP contribution is 2.29. The molecule has 1 saturated heterocycles. The Hall–Kier alpha value is -1.65. The Bertz CT molecular complexity index is 713. The molecular weight excluding hydrogens is 322 g/mol. The summed E-state index contributed by atoms with van der Waals surface area (Å²) in [6.45, 7) is 8.09. The third kappa shape index (κ3) is 4.36. The van der Waals surface area contributed by atoms with E-state index in [-0.39, 0.29) is 6.61 Å². The maximum absolute atomic E-state index is 9.44. The highest BCUT2D eigenvalue weighted by atomic mass is 16.3. The Labute approximate surface area is 157 Å². The fourth-order valence-electron chi connectivity index (χ4n) is 4.20. The molecule has 4 nitrogen and oxygen atoms in total. The predicted octanol–water partition coefficient (Wildman–Crippen LogP) is 4.20. The second-order valence-corrected chi connectivity index (χ2v) is 7.47. The van der Waals surface area contributed by atoms with Gasteiger partial charge in [-0.15, -0.1) is 0 Å². The summed E-state index contributed by atoms with van der Waals surface area (Å²) in [5.74, 6) is 1.80. The quantitative estimate of drug-likeness (QED) is 0.722. The lowest BCUT2D eigenvalue weighted by Gasteiger charge is -2.35. The van der Waals surface area contributed by atoms with Crippen LogP contribution < -0.4 is 0 Å². The van der Waals surface area contributed by atoms with E-state index < -0.39 is 0 Å². The van der Waals surface area contributed by atoms with Crippen molar-refractivity contribution in [3.8, 4) is 0 Å². The molecule has 1 fully saturated rings. The van der Waals surface area contributed by atoms with Crippen LogP contribution in [0.3, 0.4) is 0 Å². The van der Waals surface area contributed by atoms with Crippen molar-refractivity contribution in [3.05, 3.63) is 42.2 Å². The Morgan fingerprint density at radius 2 is 2.04 bits per heavy atom. The van der Waals surface area contributed by atoms with Crippen LogP contribution in [0.5, 0.6) is 0 Å². The summed E-state index contributed by atoms with van der Waals surface area (Å²) in [5.41, 5.74) is 2.27. The van der Waals surface area contributed by atoms with Crippen molar-refractivity contribution in [2.45, 2.75) is 52.0 Å². The summed E-state index contributed by atoms with van der Waals surface area (Å²) < 4.78 is 2.40. The number of imidazole rings is 1. The highest BCUT2D eigenvalue weighted by molar-refractivity contribution is 5.76. The molecule has 142 valence electrons. The van der Waals surface area contributed by atoms with E-state index in [9.17, 15) is 5.11 Å². The van der Waals surface area contributed by atoms with Crippen LogP contribution in [0.4, 0.5) is 0 Å². The molecule has 4 heteroatoms. The van der Waals surface area contributed by atoms with Crippen LogP contribution in [0.1, 0.15) is 51.4 Å². The van der Waals surface area contributed by atoms with Gasteiger partial charge in [-0.05, 0) is 44.2 Å². The van der Waals surface area contributed by atoms with Gasteiger partial charge in [0, 0.05) is 32.1 Å². The van der Waals surface area contributed by atoms with Crippen LogP contribution in [0.2, 0.25) is 0 Å². The molecule has 2 heterocycles. The molecule has 1 N–H and O–H groups in total. The standard InChI is InChI=1S/C22H33N3O/c1-3-5-8-18(4-2)17-24-14-11-19(12-15-24)25-21-10-7-6-9-20(21)23-22(25)13-16-26/h3,5-7,9-10,18-19,26H,4,8,11-17H2,1-2H3/b5-3-. The molecule has 0 bridgehead atoms. The van der Waals surface area contributed by atoms with Gasteiger partial charge < -0.3 is 14.6 Å². The van der Waals surface area contributed by atoms with Crippen molar-refractivity contribution in [2.75, 3.05) is 26.2 Å². The monoisotopic (exact) mass is 355 g/mol. The number of benzene rings is 1. The van der Waals surface area contributed by atoms with E-state index in [0.29, 0.717) is 12.5 Å². The lowest BCUT2D eigenvalue weighted by Crippen LogP contribution is -2.38. The first-order chi connectivity index (χ1) is 12.8. The summed E-state index contributed by atoms with van der Waals surface area (Å²) in [5, 5.41) is 9.44. The fourth-order valence-corrected chi connectivity index (χ4v) is 4.20. The van der Waals surface area contributed by atoms with Gasteiger partial charge in [-0.1, -0.05) is 37.6 Å². The molecule has 2 aromatic rings. The van der Waals surface area contributed by atoms with E-state index in [2.05, 4.69) is 53.7 Å².